The van der Waals surface area contributed by atoms with Gasteiger partial charge in [-0.2, -0.15) is 0 Å². The van der Waals surface area contributed by atoms with E-state index in [4.69, 9.17) is 27.6 Å². The van der Waals surface area contributed by atoms with Crippen molar-refractivity contribution >= 4 is 46.1 Å². The maximum Gasteiger partial charge on any atom is 0.337 e. The molecule has 1 heterocycles. The Balaban J connectivity index is 2.31. The van der Waals surface area contributed by atoms with Gasteiger partial charge in [-0.15, -0.1) is 0 Å². The second kappa shape index (κ2) is 7.05. The Morgan fingerprint density at radius 1 is 0.900 bits per heavy atom. The molecule has 0 fully saturated rings. The van der Waals surface area contributed by atoms with Crippen LogP contribution < -0.4 is 5.43 Å². The lowest BCUT2D eigenvalue weighted by molar-refractivity contribution is 0.0682. The molecule has 0 radical (unpaired) electrons. The number of benzene rings is 3. The Morgan fingerprint density at radius 3 is 2.30 bits per heavy atom. The molecule has 2 aromatic carbocycles. The summed E-state index contributed by atoms with van der Waals surface area (Å²) < 4.78 is 5.72. The van der Waals surface area contributed by atoms with Gasteiger partial charge >= 0.3 is 11.9 Å². The predicted octanol–water partition coefficient (Wildman–Crippen LogP) is 4.97. The molecule has 30 heavy (non-hydrogen) atoms. The first-order chi connectivity index (χ1) is 14.2. The summed E-state index contributed by atoms with van der Waals surface area (Å²) in [6, 6.07) is 8.95. The Bertz CT molecular complexity index is 1400. The van der Waals surface area contributed by atoms with Gasteiger partial charge in [0.2, 0.25) is 0 Å². The molecule has 0 bridgehead atoms. The Hall–Kier alpha value is -3.55. The molecule has 0 spiro atoms. The number of phenols is 1. The summed E-state index contributed by atoms with van der Waals surface area (Å²) in [5.74, 6) is -2.85. The van der Waals surface area contributed by atoms with Gasteiger partial charge in [-0.25, -0.2) is 9.59 Å². The highest BCUT2D eigenvalue weighted by atomic mass is 35.5. The average Bonchev–Trinajstić information content (AvgIpc) is 2.66. The average molecular weight is 445 g/mol. The fraction of sp³-hybridized carbons (Fsp3) is 0. The van der Waals surface area contributed by atoms with E-state index in [1.165, 1.54) is 36.4 Å². The molecule has 0 saturated heterocycles. The minimum atomic E-state index is -1.42. The molecular weight excluding hydrogens is 435 g/mol. The van der Waals surface area contributed by atoms with Crippen molar-refractivity contribution in [3.63, 3.8) is 0 Å². The van der Waals surface area contributed by atoms with E-state index in [0.29, 0.717) is 10.9 Å². The molecule has 1 aliphatic heterocycles. The summed E-state index contributed by atoms with van der Waals surface area (Å²) in [5, 5.41) is 28.8. The van der Waals surface area contributed by atoms with Crippen LogP contribution in [0.3, 0.4) is 0 Å². The highest BCUT2D eigenvalue weighted by molar-refractivity contribution is 6.41. The van der Waals surface area contributed by atoms with Crippen molar-refractivity contribution < 1.29 is 29.3 Å². The Labute approximate surface area is 177 Å². The Morgan fingerprint density at radius 2 is 1.63 bits per heavy atom. The number of carboxylic acid groups (broad SMARTS) is 2. The topological polar surface area (TPSA) is 125 Å². The normalized spacial score (nSPS) is 11.1. The van der Waals surface area contributed by atoms with Gasteiger partial charge in [-0.05, 0) is 30.3 Å². The molecule has 7 nitrogen and oxygen atoms in total. The van der Waals surface area contributed by atoms with Crippen LogP contribution in [0.25, 0.3) is 33.4 Å². The third-order valence-corrected chi connectivity index (χ3v) is 5.28. The van der Waals surface area contributed by atoms with Crippen molar-refractivity contribution in [1.29, 1.82) is 0 Å². The summed E-state index contributed by atoms with van der Waals surface area (Å²) in [6.45, 7) is 0. The number of aromatic hydroxyl groups is 1. The SMILES string of the molecule is O=C(O)c1cc(Cl)c(C(=O)O)c(-c2c3ccc(=O)cc-3oc3cc(O)ccc23)c1Cl. The van der Waals surface area contributed by atoms with Gasteiger partial charge in [-0.3, -0.25) is 4.79 Å². The van der Waals surface area contributed by atoms with E-state index >= 15 is 0 Å². The molecule has 2 aliphatic rings. The van der Waals surface area contributed by atoms with Crippen molar-refractivity contribution in [3.05, 3.63) is 73.9 Å². The summed E-state index contributed by atoms with van der Waals surface area (Å²) in [5.41, 5.74) is -0.632. The second-order valence-electron chi connectivity index (χ2n) is 6.40. The van der Waals surface area contributed by atoms with Gasteiger partial charge in [0, 0.05) is 34.2 Å². The number of rotatable bonds is 3. The molecule has 2 aromatic rings. The lowest BCUT2D eigenvalue weighted by Crippen LogP contribution is -2.08. The molecule has 9 heteroatoms. The molecule has 1 aliphatic carbocycles. The molecule has 3 N–H and O–H groups in total. The molecule has 0 unspecified atom stereocenters. The zero-order valence-corrected chi connectivity index (χ0v) is 16.3. The van der Waals surface area contributed by atoms with E-state index in [-0.39, 0.29) is 49.3 Å². The van der Waals surface area contributed by atoms with Crippen molar-refractivity contribution in [1.82, 2.24) is 0 Å². The van der Waals surface area contributed by atoms with Crippen LogP contribution in [0.15, 0.2) is 51.7 Å². The van der Waals surface area contributed by atoms with E-state index in [2.05, 4.69) is 0 Å². The monoisotopic (exact) mass is 444 g/mol. The Kier molecular flexibility index (Phi) is 4.64. The first-order valence-electron chi connectivity index (χ1n) is 8.37. The predicted molar refractivity (Wildman–Crippen MR) is 110 cm³/mol. The van der Waals surface area contributed by atoms with Crippen LogP contribution in [0.5, 0.6) is 5.75 Å². The van der Waals surface area contributed by atoms with Gasteiger partial charge in [0.25, 0.3) is 0 Å². The fourth-order valence-electron chi connectivity index (χ4n) is 3.35. The number of carbonyl (C=O) groups is 2. The summed E-state index contributed by atoms with van der Waals surface area (Å²) in [4.78, 5) is 35.5. The molecule has 0 amide bonds. The highest BCUT2D eigenvalue weighted by Gasteiger charge is 2.29. The summed E-state index contributed by atoms with van der Waals surface area (Å²) in [7, 11) is 0. The third-order valence-electron chi connectivity index (χ3n) is 4.59. The molecule has 4 rings (SSSR count). The minimum absolute atomic E-state index is 0.0971. The molecule has 0 saturated carbocycles. The maximum absolute atomic E-state index is 12.0. The van der Waals surface area contributed by atoms with Gasteiger partial charge in [0.05, 0.1) is 21.2 Å². The minimum Gasteiger partial charge on any atom is -0.508 e. The molecule has 0 aromatic heterocycles. The zero-order valence-electron chi connectivity index (χ0n) is 14.8. The van der Waals surface area contributed by atoms with Crippen LogP contribution in [0, 0.1) is 0 Å². The number of halogens is 2. The highest BCUT2D eigenvalue weighted by Crippen LogP contribution is 2.47. The van der Waals surface area contributed by atoms with Crippen molar-refractivity contribution in [2.45, 2.75) is 0 Å². The number of fused-ring (bicyclic) bond motifs is 2. The number of hydrogen-bond acceptors (Lipinski definition) is 5. The number of carboxylic acids is 2. The van der Waals surface area contributed by atoms with Gasteiger partial charge in [0.1, 0.15) is 17.1 Å². The molecule has 0 atom stereocenters. The number of aromatic carboxylic acids is 2. The lowest BCUT2D eigenvalue weighted by atomic mass is 9.89. The third kappa shape index (κ3) is 3.04. The van der Waals surface area contributed by atoms with Gasteiger partial charge in [0.15, 0.2) is 5.43 Å². The van der Waals surface area contributed by atoms with Crippen LogP contribution in [0.1, 0.15) is 20.7 Å². The van der Waals surface area contributed by atoms with Crippen LogP contribution in [-0.2, 0) is 0 Å². The molecule has 150 valence electrons. The van der Waals surface area contributed by atoms with Crippen molar-refractivity contribution in [2.24, 2.45) is 0 Å². The lowest BCUT2D eigenvalue weighted by Gasteiger charge is -2.19. The van der Waals surface area contributed by atoms with E-state index in [1.54, 1.807) is 0 Å². The van der Waals surface area contributed by atoms with Crippen LogP contribution in [0.2, 0.25) is 10.0 Å². The van der Waals surface area contributed by atoms with Gasteiger partial charge < -0.3 is 19.7 Å². The fourth-order valence-corrected chi connectivity index (χ4v) is 3.96. The van der Waals surface area contributed by atoms with E-state index in [0.717, 1.165) is 6.07 Å². The van der Waals surface area contributed by atoms with E-state index in [9.17, 15) is 29.7 Å². The first-order valence-corrected chi connectivity index (χ1v) is 9.13. The summed E-state index contributed by atoms with van der Waals surface area (Å²) >= 11 is 12.5. The molecular formula is C21H10Cl2O7. The number of hydrogen-bond donors (Lipinski definition) is 3. The van der Waals surface area contributed by atoms with Crippen LogP contribution in [-0.4, -0.2) is 27.3 Å². The largest absolute Gasteiger partial charge is 0.508 e. The number of phenolic OH excluding ortho intramolecular Hbond substituents is 1. The second-order valence-corrected chi connectivity index (χ2v) is 7.18. The van der Waals surface area contributed by atoms with Crippen molar-refractivity contribution in [3.8, 4) is 28.2 Å². The smallest absolute Gasteiger partial charge is 0.337 e. The standard InChI is InChI=1S/C21H10Cl2O7/c22-13-7-12(20(26)27)19(23)18(17(13)21(28)29)16-10-3-1-8(24)5-14(10)30-15-6-9(25)2-4-11(15)16/h1-7,24H,(H,26,27)(H,28,29). The maximum atomic E-state index is 12.0. The zero-order chi connectivity index (χ0) is 21.7. The van der Waals surface area contributed by atoms with Crippen LogP contribution in [0.4, 0.5) is 0 Å². The quantitative estimate of drug-likeness (QED) is 0.380. The van der Waals surface area contributed by atoms with Crippen LogP contribution >= 0.6 is 23.2 Å². The first kappa shape index (κ1) is 19.8. The van der Waals surface area contributed by atoms with Gasteiger partial charge in [-0.1, -0.05) is 23.2 Å². The summed E-state index contributed by atoms with van der Waals surface area (Å²) in [6.07, 6.45) is 0. The van der Waals surface area contributed by atoms with Crippen molar-refractivity contribution in [2.75, 3.05) is 0 Å². The van der Waals surface area contributed by atoms with E-state index in [1.807, 2.05) is 0 Å². The van der Waals surface area contributed by atoms with E-state index < -0.39 is 17.5 Å².